The van der Waals surface area contributed by atoms with Crippen LogP contribution in [0.5, 0.6) is 0 Å². The van der Waals surface area contributed by atoms with Crippen LogP contribution in [0.1, 0.15) is 15.9 Å². The number of ether oxygens (including phenoxy) is 1. The van der Waals surface area contributed by atoms with Crippen LogP contribution in [0.25, 0.3) is 0 Å². The molecule has 0 aliphatic rings. The van der Waals surface area contributed by atoms with Crippen LogP contribution in [0.3, 0.4) is 0 Å². The Morgan fingerprint density at radius 3 is 2.70 bits per heavy atom. The number of nitrogens with zero attached hydrogens (tertiary/aromatic N) is 1. The third-order valence-electron chi connectivity index (χ3n) is 2.67. The zero-order valence-corrected chi connectivity index (χ0v) is 11.7. The molecule has 2 rings (SSSR count). The molecule has 2 N–H and O–H groups in total. The minimum Gasteiger partial charge on any atom is -0.465 e. The SMILES string of the molecule is COC(=O)c1ccc(C)c(NS(=O)(=O)c2ccn[nH]2)c1. The van der Waals surface area contributed by atoms with E-state index < -0.39 is 16.0 Å². The number of benzene rings is 1. The molecule has 0 fully saturated rings. The van der Waals surface area contributed by atoms with Gasteiger partial charge in [0.15, 0.2) is 5.03 Å². The fraction of sp³-hybridized carbons (Fsp3) is 0.167. The van der Waals surface area contributed by atoms with Crippen molar-refractivity contribution >= 4 is 21.7 Å². The number of aryl methyl sites for hydroxylation is 1. The maximum Gasteiger partial charge on any atom is 0.337 e. The van der Waals surface area contributed by atoms with Crippen LogP contribution in [0.2, 0.25) is 0 Å². The molecular formula is C12H13N3O4S. The normalized spacial score (nSPS) is 11.1. The Kier molecular flexibility index (Phi) is 3.75. The number of nitrogens with one attached hydrogen (secondary N) is 2. The molecule has 0 aliphatic carbocycles. The lowest BCUT2D eigenvalue weighted by Crippen LogP contribution is -2.15. The summed E-state index contributed by atoms with van der Waals surface area (Å²) in [4.78, 5) is 11.5. The summed E-state index contributed by atoms with van der Waals surface area (Å²) in [6, 6.07) is 5.96. The summed E-state index contributed by atoms with van der Waals surface area (Å²) in [7, 11) is -2.50. The predicted octanol–water partition coefficient (Wildman–Crippen LogP) is 1.31. The second-order valence-electron chi connectivity index (χ2n) is 4.05. The first-order chi connectivity index (χ1) is 9.44. The van der Waals surface area contributed by atoms with Gasteiger partial charge >= 0.3 is 5.97 Å². The summed E-state index contributed by atoms with van der Waals surface area (Å²) in [5.41, 5.74) is 1.25. The minimum atomic E-state index is -3.76. The molecular weight excluding hydrogens is 282 g/mol. The van der Waals surface area contributed by atoms with Crippen LogP contribution in [-0.4, -0.2) is 31.7 Å². The van der Waals surface area contributed by atoms with E-state index in [1.807, 2.05) is 0 Å². The molecule has 0 atom stereocenters. The van der Waals surface area contributed by atoms with E-state index in [4.69, 9.17) is 0 Å². The second-order valence-corrected chi connectivity index (χ2v) is 5.70. The van der Waals surface area contributed by atoms with Gasteiger partial charge in [-0.15, -0.1) is 0 Å². The molecule has 7 nitrogen and oxygen atoms in total. The number of carbonyl (C=O) groups is 1. The van der Waals surface area contributed by atoms with Crippen molar-refractivity contribution in [3.05, 3.63) is 41.6 Å². The van der Waals surface area contributed by atoms with Crippen LogP contribution in [-0.2, 0) is 14.8 Å². The molecule has 0 spiro atoms. The molecule has 106 valence electrons. The summed E-state index contributed by atoms with van der Waals surface area (Å²) >= 11 is 0. The van der Waals surface area contributed by atoms with Gasteiger partial charge in [0.2, 0.25) is 0 Å². The first-order valence-electron chi connectivity index (χ1n) is 5.65. The third kappa shape index (κ3) is 2.80. The highest BCUT2D eigenvalue weighted by Gasteiger charge is 2.17. The average molecular weight is 295 g/mol. The summed E-state index contributed by atoms with van der Waals surface area (Å²) in [6.45, 7) is 1.73. The zero-order valence-electron chi connectivity index (χ0n) is 10.9. The van der Waals surface area contributed by atoms with Crippen molar-refractivity contribution in [3.63, 3.8) is 0 Å². The number of hydrogen-bond acceptors (Lipinski definition) is 5. The topological polar surface area (TPSA) is 101 Å². The van der Waals surface area contributed by atoms with E-state index in [1.165, 1.54) is 25.4 Å². The Hall–Kier alpha value is -2.35. The van der Waals surface area contributed by atoms with Gasteiger partial charge in [0, 0.05) is 0 Å². The van der Waals surface area contributed by atoms with Gasteiger partial charge < -0.3 is 4.74 Å². The van der Waals surface area contributed by atoms with Gasteiger partial charge in [0.05, 0.1) is 24.6 Å². The quantitative estimate of drug-likeness (QED) is 0.828. The number of esters is 1. The highest BCUT2D eigenvalue weighted by atomic mass is 32.2. The summed E-state index contributed by atoms with van der Waals surface area (Å²) in [5.74, 6) is -0.535. The maximum atomic E-state index is 12.1. The maximum absolute atomic E-state index is 12.1. The van der Waals surface area contributed by atoms with E-state index in [9.17, 15) is 13.2 Å². The standard InChI is InChI=1S/C12H13N3O4S/c1-8-3-4-9(12(16)19-2)7-10(8)15-20(17,18)11-5-6-13-14-11/h3-7,15H,1-2H3,(H,13,14). The average Bonchev–Trinajstić information content (AvgIpc) is 2.95. The first kappa shape index (κ1) is 14.1. The van der Waals surface area contributed by atoms with Crippen molar-refractivity contribution in [3.8, 4) is 0 Å². The lowest BCUT2D eigenvalue weighted by atomic mass is 10.1. The van der Waals surface area contributed by atoms with Crippen molar-refractivity contribution in [2.75, 3.05) is 11.8 Å². The number of methoxy groups -OCH3 is 1. The lowest BCUT2D eigenvalue weighted by molar-refractivity contribution is 0.0601. The minimum absolute atomic E-state index is 0.0552. The van der Waals surface area contributed by atoms with Gasteiger partial charge in [0.25, 0.3) is 10.0 Å². The van der Waals surface area contributed by atoms with Gasteiger partial charge in [-0.25, -0.2) is 4.79 Å². The molecule has 0 saturated carbocycles. The number of carbonyl (C=O) groups excluding carboxylic acids is 1. The number of H-pyrrole nitrogens is 1. The zero-order chi connectivity index (χ0) is 14.8. The molecule has 20 heavy (non-hydrogen) atoms. The molecule has 8 heteroatoms. The van der Waals surface area contributed by atoms with E-state index in [0.29, 0.717) is 11.3 Å². The van der Waals surface area contributed by atoms with Crippen molar-refractivity contribution in [1.29, 1.82) is 0 Å². The molecule has 1 aromatic carbocycles. The van der Waals surface area contributed by atoms with Crippen LogP contribution in [0, 0.1) is 6.92 Å². The van der Waals surface area contributed by atoms with Crippen molar-refractivity contribution < 1.29 is 17.9 Å². The monoisotopic (exact) mass is 295 g/mol. The van der Waals surface area contributed by atoms with Gasteiger partial charge in [0.1, 0.15) is 0 Å². The van der Waals surface area contributed by atoms with E-state index in [2.05, 4.69) is 19.7 Å². The Bertz CT molecular complexity index is 723. The molecule has 2 aromatic rings. The highest BCUT2D eigenvalue weighted by molar-refractivity contribution is 7.92. The fourth-order valence-electron chi connectivity index (χ4n) is 1.57. The molecule has 0 amide bonds. The van der Waals surface area contributed by atoms with Crippen LogP contribution >= 0.6 is 0 Å². The third-order valence-corrected chi connectivity index (χ3v) is 3.96. The molecule has 0 bridgehead atoms. The van der Waals surface area contributed by atoms with Gasteiger partial charge in [-0.3, -0.25) is 9.82 Å². The lowest BCUT2D eigenvalue weighted by Gasteiger charge is -2.10. The predicted molar refractivity (Wildman–Crippen MR) is 71.9 cm³/mol. The molecule has 1 aromatic heterocycles. The number of rotatable bonds is 4. The summed E-state index contributed by atoms with van der Waals surface area (Å²) in [5, 5.41) is 5.91. The molecule has 0 saturated heterocycles. The van der Waals surface area contributed by atoms with Crippen LogP contribution in [0.4, 0.5) is 5.69 Å². The Morgan fingerprint density at radius 1 is 1.35 bits per heavy atom. The van der Waals surface area contributed by atoms with E-state index in [1.54, 1.807) is 19.1 Å². The number of hydrogen-bond donors (Lipinski definition) is 2. The highest BCUT2D eigenvalue weighted by Crippen LogP contribution is 2.20. The van der Waals surface area contributed by atoms with Crippen LogP contribution < -0.4 is 4.72 Å². The summed E-state index contributed by atoms with van der Waals surface area (Å²) < 4.78 is 31.1. The Balaban J connectivity index is 2.36. The number of aromatic nitrogens is 2. The molecule has 0 unspecified atom stereocenters. The first-order valence-corrected chi connectivity index (χ1v) is 7.13. The van der Waals surface area contributed by atoms with Crippen molar-refractivity contribution in [1.82, 2.24) is 10.2 Å². The van der Waals surface area contributed by atoms with E-state index in [0.717, 1.165) is 0 Å². The fourth-order valence-corrected chi connectivity index (χ4v) is 2.60. The van der Waals surface area contributed by atoms with Crippen molar-refractivity contribution in [2.45, 2.75) is 11.9 Å². The number of aromatic amines is 1. The van der Waals surface area contributed by atoms with Crippen molar-refractivity contribution in [2.24, 2.45) is 0 Å². The molecule has 1 heterocycles. The summed E-state index contributed by atoms with van der Waals surface area (Å²) in [6.07, 6.45) is 1.34. The Labute approximate surface area is 116 Å². The molecule has 0 radical (unpaired) electrons. The molecule has 0 aliphatic heterocycles. The van der Waals surface area contributed by atoms with E-state index in [-0.39, 0.29) is 10.6 Å². The number of sulfonamides is 1. The largest absolute Gasteiger partial charge is 0.465 e. The second kappa shape index (κ2) is 5.33. The Morgan fingerprint density at radius 2 is 2.10 bits per heavy atom. The van der Waals surface area contributed by atoms with Gasteiger partial charge in [-0.1, -0.05) is 6.07 Å². The van der Waals surface area contributed by atoms with Crippen LogP contribution in [0.15, 0.2) is 35.5 Å². The number of anilines is 1. The smallest absolute Gasteiger partial charge is 0.337 e. The van der Waals surface area contributed by atoms with E-state index >= 15 is 0 Å². The van der Waals surface area contributed by atoms with Gasteiger partial charge in [-0.2, -0.15) is 13.5 Å². The van der Waals surface area contributed by atoms with Gasteiger partial charge in [-0.05, 0) is 30.7 Å².